The van der Waals surface area contributed by atoms with Crippen molar-refractivity contribution in [2.45, 2.75) is 0 Å². The molecule has 0 aliphatic heterocycles. The first-order valence-corrected chi connectivity index (χ1v) is 9.54. The first-order chi connectivity index (χ1) is 15.5. The lowest BCUT2D eigenvalue weighted by Crippen LogP contribution is -1.87. The van der Waals surface area contributed by atoms with Crippen LogP contribution in [0.4, 0.5) is 11.4 Å². The standard InChI is InChI=1S/C24H18N4O4/c29-21-5-1-3-15(23(21)31)11-25-17-7-9-19(27-13-17)20-10-8-18(14-28-20)26-12-16-4-2-6-22(30)24(16)32/h1-14,29-32H. The zero-order chi connectivity index (χ0) is 22.5. The minimum absolute atomic E-state index is 0.208. The van der Waals surface area contributed by atoms with Gasteiger partial charge in [0, 0.05) is 23.6 Å². The van der Waals surface area contributed by atoms with Crippen molar-refractivity contribution in [2.24, 2.45) is 9.98 Å². The lowest BCUT2D eigenvalue weighted by Gasteiger charge is -2.03. The summed E-state index contributed by atoms with van der Waals surface area (Å²) in [6.45, 7) is 0. The fourth-order valence-corrected chi connectivity index (χ4v) is 2.82. The summed E-state index contributed by atoms with van der Waals surface area (Å²) in [7, 11) is 0. The van der Waals surface area contributed by atoms with Crippen LogP contribution < -0.4 is 0 Å². The molecule has 0 amide bonds. The van der Waals surface area contributed by atoms with Gasteiger partial charge in [-0.2, -0.15) is 0 Å². The molecule has 0 atom stereocenters. The molecule has 0 fully saturated rings. The van der Waals surface area contributed by atoms with Gasteiger partial charge in [0.1, 0.15) is 0 Å². The van der Waals surface area contributed by atoms with Crippen LogP contribution in [0.1, 0.15) is 11.1 Å². The number of nitrogens with zero attached hydrogens (tertiary/aromatic N) is 4. The molecule has 2 aromatic heterocycles. The van der Waals surface area contributed by atoms with Crippen LogP contribution in [0, 0.1) is 0 Å². The molecule has 0 aliphatic carbocycles. The minimum atomic E-state index is -0.230. The van der Waals surface area contributed by atoms with Crippen molar-refractivity contribution in [3.05, 3.63) is 84.2 Å². The number of hydrogen-bond donors (Lipinski definition) is 4. The van der Waals surface area contributed by atoms with Crippen molar-refractivity contribution >= 4 is 23.8 Å². The summed E-state index contributed by atoms with van der Waals surface area (Å²) in [4.78, 5) is 17.2. The molecule has 0 spiro atoms. The largest absolute Gasteiger partial charge is 0.504 e. The van der Waals surface area contributed by atoms with Gasteiger partial charge in [-0.3, -0.25) is 20.0 Å². The molecule has 0 bridgehead atoms. The minimum Gasteiger partial charge on any atom is -0.504 e. The highest BCUT2D eigenvalue weighted by atomic mass is 16.3. The fraction of sp³-hybridized carbons (Fsp3) is 0. The Morgan fingerprint density at radius 3 is 1.38 bits per heavy atom. The van der Waals surface area contributed by atoms with E-state index in [1.807, 2.05) is 0 Å². The topological polar surface area (TPSA) is 131 Å². The van der Waals surface area contributed by atoms with Crippen LogP contribution in [0.15, 0.2) is 83.0 Å². The Morgan fingerprint density at radius 1 is 0.562 bits per heavy atom. The number of phenolic OH excluding ortho intramolecular Hbond substituents is 4. The predicted octanol–water partition coefficient (Wildman–Crippen LogP) is 4.47. The summed E-state index contributed by atoms with van der Waals surface area (Å²) < 4.78 is 0. The SMILES string of the molecule is Oc1cccc(C=Nc2ccc(-c3ccc(N=Cc4cccc(O)c4O)cn3)nc2)c1O. The maximum atomic E-state index is 9.82. The molecule has 8 nitrogen and oxygen atoms in total. The Kier molecular flexibility index (Phi) is 5.76. The predicted molar refractivity (Wildman–Crippen MR) is 122 cm³/mol. The normalized spacial score (nSPS) is 11.4. The van der Waals surface area contributed by atoms with Gasteiger partial charge in [0.2, 0.25) is 0 Å². The molecule has 4 aromatic rings. The maximum absolute atomic E-state index is 9.82. The third-order valence-corrected chi connectivity index (χ3v) is 4.56. The summed E-state index contributed by atoms with van der Waals surface area (Å²) in [5.41, 5.74) is 3.22. The maximum Gasteiger partial charge on any atom is 0.166 e. The van der Waals surface area contributed by atoms with Crippen molar-refractivity contribution in [2.75, 3.05) is 0 Å². The number of aliphatic imine (C=N–C) groups is 2. The third kappa shape index (κ3) is 4.54. The molecule has 2 aromatic carbocycles. The van der Waals surface area contributed by atoms with E-state index in [0.29, 0.717) is 33.9 Å². The molecule has 2 heterocycles. The molecule has 0 aliphatic rings. The second kappa shape index (κ2) is 8.97. The van der Waals surface area contributed by atoms with Crippen LogP contribution in [0.2, 0.25) is 0 Å². The Bertz CT molecular complexity index is 1200. The van der Waals surface area contributed by atoms with E-state index in [0.717, 1.165) is 0 Å². The Balaban J connectivity index is 1.46. The lowest BCUT2D eigenvalue weighted by molar-refractivity contribution is 0.403. The van der Waals surface area contributed by atoms with Crippen LogP contribution in [0.3, 0.4) is 0 Å². The van der Waals surface area contributed by atoms with Gasteiger partial charge in [0.15, 0.2) is 23.0 Å². The average Bonchev–Trinajstić information content (AvgIpc) is 2.82. The molecule has 32 heavy (non-hydrogen) atoms. The van der Waals surface area contributed by atoms with Crippen molar-refractivity contribution in [3.63, 3.8) is 0 Å². The van der Waals surface area contributed by atoms with Gasteiger partial charge in [-0.1, -0.05) is 12.1 Å². The number of aromatic hydroxyl groups is 4. The highest BCUT2D eigenvalue weighted by Gasteiger charge is 2.05. The number of para-hydroxylation sites is 2. The van der Waals surface area contributed by atoms with Gasteiger partial charge < -0.3 is 20.4 Å². The van der Waals surface area contributed by atoms with Crippen LogP contribution in [0.5, 0.6) is 23.0 Å². The molecule has 0 saturated carbocycles. The Labute approximate surface area is 183 Å². The van der Waals surface area contributed by atoms with Gasteiger partial charge in [-0.25, -0.2) is 0 Å². The number of phenols is 4. The Hall–Kier alpha value is -4.72. The number of hydrogen-bond acceptors (Lipinski definition) is 8. The molecular formula is C24H18N4O4. The van der Waals surface area contributed by atoms with Crippen molar-refractivity contribution in [3.8, 4) is 34.4 Å². The number of aromatic nitrogens is 2. The van der Waals surface area contributed by atoms with E-state index < -0.39 is 0 Å². The summed E-state index contributed by atoms with van der Waals surface area (Å²) in [6.07, 6.45) is 6.04. The van der Waals surface area contributed by atoms with Gasteiger partial charge in [0.25, 0.3) is 0 Å². The van der Waals surface area contributed by atoms with E-state index in [-0.39, 0.29) is 23.0 Å². The lowest BCUT2D eigenvalue weighted by atomic mass is 10.2. The number of rotatable bonds is 5. The third-order valence-electron chi connectivity index (χ3n) is 4.56. The molecule has 0 saturated heterocycles. The van der Waals surface area contributed by atoms with Crippen molar-refractivity contribution in [1.29, 1.82) is 0 Å². The molecule has 4 N–H and O–H groups in total. The molecule has 8 heteroatoms. The second-order valence-electron chi connectivity index (χ2n) is 6.75. The molecule has 0 radical (unpaired) electrons. The van der Waals surface area contributed by atoms with Crippen LogP contribution >= 0.6 is 0 Å². The second-order valence-corrected chi connectivity index (χ2v) is 6.75. The van der Waals surface area contributed by atoms with Crippen molar-refractivity contribution < 1.29 is 20.4 Å². The van der Waals surface area contributed by atoms with E-state index in [4.69, 9.17) is 0 Å². The highest BCUT2D eigenvalue weighted by Crippen LogP contribution is 2.28. The fourth-order valence-electron chi connectivity index (χ4n) is 2.82. The van der Waals surface area contributed by atoms with E-state index in [1.165, 1.54) is 24.6 Å². The van der Waals surface area contributed by atoms with E-state index in [9.17, 15) is 20.4 Å². The smallest absolute Gasteiger partial charge is 0.166 e. The van der Waals surface area contributed by atoms with Gasteiger partial charge in [0.05, 0.1) is 35.2 Å². The quantitative estimate of drug-likeness (QED) is 0.275. The molecule has 158 valence electrons. The highest BCUT2D eigenvalue weighted by molar-refractivity contribution is 5.87. The van der Waals surface area contributed by atoms with Gasteiger partial charge in [-0.15, -0.1) is 0 Å². The first-order valence-electron chi connectivity index (χ1n) is 9.54. The van der Waals surface area contributed by atoms with Crippen LogP contribution in [-0.4, -0.2) is 42.8 Å². The van der Waals surface area contributed by atoms with E-state index in [1.54, 1.807) is 60.9 Å². The summed E-state index contributed by atoms with van der Waals surface area (Å²) in [5.74, 6) is -0.876. The summed E-state index contributed by atoms with van der Waals surface area (Å²) >= 11 is 0. The van der Waals surface area contributed by atoms with Crippen molar-refractivity contribution in [1.82, 2.24) is 9.97 Å². The molecular weight excluding hydrogens is 408 g/mol. The first kappa shape index (κ1) is 20.5. The number of pyridine rings is 2. The van der Waals surface area contributed by atoms with Crippen LogP contribution in [0.25, 0.3) is 11.4 Å². The van der Waals surface area contributed by atoms with E-state index in [2.05, 4.69) is 20.0 Å². The zero-order valence-electron chi connectivity index (χ0n) is 16.7. The van der Waals surface area contributed by atoms with Crippen LogP contribution in [-0.2, 0) is 0 Å². The van der Waals surface area contributed by atoms with E-state index >= 15 is 0 Å². The molecule has 4 rings (SSSR count). The summed E-state index contributed by atoms with van der Waals surface area (Å²) in [6, 6.07) is 16.3. The monoisotopic (exact) mass is 426 g/mol. The Morgan fingerprint density at radius 2 is 1.00 bits per heavy atom. The summed E-state index contributed by atoms with van der Waals surface area (Å²) in [5, 5.41) is 38.7. The van der Waals surface area contributed by atoms with Gasteiger partial charge in [-0.05, 0) is 48.5 Å². The molecule has 0 unspecified atom stereocenters. The number of benzene rings is 2. The zero-order valence-corrected chi connectivity index (χ0v) is 16.7. The van der Waals surface area contributed by atoms with Gasteiger partial charge >= 0.3 is 0 Å². The average molecular weight is 426 g/mol.